The van der Waals surface area contributed by atoms with Gasteiger partial charge in [0.1, 0.15) is 5.75 Å². The average molecular weight is 288 g/mol. The molecule has 0 amide bonds. The Kier molecular flexibility index (Phi) is 3.71. The number of hydrogen-bond donors (Lipinski definition) is 1. The van der Waals surface area contributed by atoms with Crippen molar-refractivity contribution in [2.24, 2.45) is 0 Å². The first-order chi connectivity index (χ1) is 9.74. The van der Waals surface area contributed by atoms with E-state index in [4.69, 9.17) is 4.74 Å². The fourth-order valence-corrected chi connectivity index (χ4v) is 2.98. The van der Waals surface area contributed by atoms with Gasteiger partial charge in [-0.25, -0.2) is 4.98 Å². The van der Waals surface area contributed by atoms with E-state index in [1.165, 1.54) is 0 Å². The lowest BCUT2D eigenvalue weighted by Gasteiger charge is -2.10. The fourth-order valence-electron chi connectivity index (χ4n) is 2.26. The Hall–Kier alpha value is -1.85. The first-order valence-electron chi connectivity index (χ1n) is 6.46. The third kappa shape index (κ3) is 2.84. The fraction of sp³-hybridized carbons (Fsp3) is 0.267. The van der Waals surface area contributed by atoms with Crippen molar-refractivity contribution in [2.75, 3.05) is 7.11 Å². The summed E-state index contributed by atoms with van der Waals surface area (Å²) in [7, 11) is 1.65. The highest BCUT2D eigenvalue weighted by molar-refractivity contribution is 7.15. The normalized spacial score (nSPS) is 12.7. The Balaban J connectivity index is 1.66. The molecule has 0 radical (unpaired) electrons. The number of thiazole rings is 1. The van der Waals surface area contributed by atoms with Crippen molar-refractivity contribution < 1.29 is 9.84 Å². The zero-order chi connectivity index (χ0) is 13.9. The van der Waals surface area contributed by atoms with E-state index in [1.807, 2.05) is 46.4 Å². The zero-order valence-corrected chi connectivity index (χ0v) is 12.0. The second-order valence-electron chi connectivity index (χ2n) is 4.74. The van der Waals surface area contributed by atoms with Gasteiger partial charge in [0.2, 0.25) is 0 Å². The maximum Gasteiger partial charge on any atom is 0.193 e. The molecule has 0 bridgehead atoms. The molecule has 1 N–H and O–H groups in total. The van der Waals surface area contributed by atoms with Crippen LogP contribution < -0.4 is 4.74 Å². The summed E-state index contributed by atoms with van der Waals surface area (Å²) in [5.41, 5.74) is 1.99. The van der Waals surface area contributed by atoms with Crippen LogP contribution in [0.25, 0.3) is 4.96 Å². The molecule has 5 heteroatoms. The number of aliphatic hydroxyl groups excluding tert-OH is 1. The number of imidazole rings is 1. The maximum atomic E-state index is 10.2. The number of aliphatic hydroxyl groups is 1. The van der Waals surface area contributed by atoms with Crippen molar-refractivity contribution in [1.82, 2.24) is 9.38 Å². The van der Waals surface area contributed by atoms with Crippen LogP contribution in [0.1, 0.15) is 11.3 Å². The number of rotatable bonds is 5. The molecule has 0 spiro atoms. The number of benzene rings is 1. The minimum atomic E-state index is -0.438. The largest absolute Gasteiger partial charge is 0.497 e. The quantitative estimate of drug-likeness (QED) is 0.785. The molecule has 3 aromatic rings. The predicted octanol–water partition coefficient (Wildman–Crippen LogP) is 2.55. The second-order valence-corrected chi connectivity index (χ2v) is 5.61. The number of nitrogens with zero attached hydrogens (tertiary/aromatic N) is 2. The Morgan fingerprint density at radius 3 is 3.10 bits per heavy atom. The Bertz CT molecular complexity index is 676. The van der Waals surface area contributed by atoms with Gasteiger partial charge in [0.05, 0.1) is 18.9 Å². The van der Waals surface area contributed by atoms with E-state index in [2.05, 4.69) is 4.98 Å². The molecular weight excluding hydrogens is 272 g/mol. The summed E-state index contributed by atoms with van der Waals surface area (Å²) in [5, 5.41) is 12.2. The van der Waals surface area contributed by atoms with Gasteiger partial charge in [-0.05, 0) is 24.1 Å². The van der Waals surface area contributed by atoms with E-state index in [-0.39, 0.29) is 0 Å². The molecule has 0 saturated heterocycles. The third-order valence-corrected chi connectivity index (χ3v) is 3.96. The van der Waals surface area contributed by atoms with Gasteiger partial charge < -0.3 is 9.84 Å². The van der Waals surface area contributed by atoms with Crippen molar-refractivity contribution in [3.05, 3.63) is 53.3 Å². The van der Waals surface area contributed by atoms with E-state index >= 15 is 0 Å². The van der Waals surface area contributed by atoms with Crippen molar-refractivity contribution in [3.8, 4) is 5.75 Å². The second kappa shape index (κ2) is 5.64. The monoisotopic (exact) mass is 288 g/mol. The number of methoxy groups -OCH3 is 1. The lowest BCUT2D eigenvalue weighted by molar-refractivity contribution is 0.174. The van der Waals surface area contributed by atoms with Gasteiger partial charge in [-0.1, -0.05) is 12.1 Å². The first-order valence-corrected chi connectivity index (χ1v) is 7.34. The van der Waals surface area contributed by atoms with Crippen LogP contribution in [0, 0.1) is 0 Å². The summed E-state index contributed by atoms with van der Waals surface area (Å²) >= 11 is 1.60. The standard InChI is InChI=1S/C15H16N2O2S/c1-19-14-4-2-3-11(8-14)7-13(18)9-12-10-17-5-6-20-15(17)16-12/h2-6,8,10,13,18H,7,9H2,1H3. The molecule has 1 unspecified atom stereocenters. The number of aromatic nitrogens is 2. The summed E-state index contributed by atoms with van der Waals surface area (Å²) in [5.74, 6) is 0.817. The molecule has 2 heterocycles. The zero-order valence-electron chi connectivity index (χ0n) is 11.2. The lowest BCUT2D eigenvalue weighted by atomic mass is 10.0. The summed E-state index contributed by atoms with van der Waals surface area (Å²) in [4.78, 5) is 5.45. The molecule has 0 fully saturated rings. The Morgan fingerprint density at radius 1 is 1.40 bits per heavy atom. The van der Waals surface area contributed by atoms with Crippen molar-refractivity contribution in [1.29, 1.82) is 0 Å². The van der Waals surface area contributed by atoms with Gasteiger partial charge in [-0.3, -0.25) is 4.40 Å². The van der Waals surface area contributed by atoms with E-state index in [9.17, 15) is 5.11 Å². The molecule has 104 valence electrons. The molecule has 0 saturated carbocycles. The number of ether oxygens (including phenoxy) is 1. The highest BCUT2D eigenvalue weighted by Gasteiger charge is 2.11. The van der Waals surface area contributed by atoms with Crippen LogP contribution in [0.3, 0.4) is 0 Å². The number of hydrogen-bond acceptors (Lipinski definition) is 4. The lowest BCUT2D eigenvalue weighted by Crippen LogP contribution is -2.14. The minimum Gasteiger partial charge on any atom is -0.497 e. The molecule has 0 aliphatic heterocycles. The van der Waals surface area contributed by atoms with Gasteiger partial charge in [0.25, 0.3) is 0 Å². The smallest absolute Gasteiger partial charge is 0.193 e. The van der Waals surface area contributed by atoms with Gasteiger partial charge in [-0.2, -0.15) is 0 Å². The van der Waals surface area contributed by atoms with Gasteiger partial charge >= 0.3 is 0 Å². The van der Waals surface area contributed by atoms with E-state index in [1.54, 1.807) is 18.4 Å². The van der Waals surface area contributed by atoms with Crippen LogP contribution in [0.4, 0.5) is 0 Å². The summed E-state index contributed by atoms with van der Waals surface area (Å²) in [6.45, 7) is 0. The van der Waals surface area contributed by atoms with Crippen molar-refractivity contribution in [2.45, 2.75) is 18.9 Å². The molecule has 2 aromatic heterocycles. The molecule has 0 aliphatic rings. The predicted molar refractivity (Wildman–Crippen MR) is 79.5 cm³/mol. The maximum absolute atomic E-state index is 10.2. The van der Waals surface area contributed by atoms with Crippen LogP contribution in [0.5, 0.6) is 5.75 Å². The summed E-state index contributed by atoms with van der Waals surface area (Å²) in [6, 6.07) is 7.79. The SMILES string of the molecule is COc1cccc(CC(O)Cc2cn3ccsc3n2)c1. The molecule has 3 rings (SSSR count). The van der Waals surface area contributed by atoms with E-state index < -0.39 is 6.10 Å². The van der Waals surface area contributed by atoms with E-state index in [0.29, 0.717) is 12.8 Å². The van der Waals surface area contributed by atoms with Crippen LogP contribution >= 0.6 is 11.3 Å². The van der Waals surface area contributed by atoms with Gasteiger partial charge in [0.15, 0.2) is 4.96 Å². The number of fused-ring (bicyclic) bond motifs is 1. The van der Waals surface area contributed by atoms with Crippen molar-refractivity contribution >= 4 is 16.3 Å². The van der Waals surface area contributed by atoms with Gasteiger partial charge in [-0.15, -0.1) is 11.3 Å². The Labute approximate surface area is 121 Å². The van der Waals surface area contributed by atoms with E-state index in [0.717, 1.165) is 22.0 Å². The van der Waals surface area contributed by atoms with Crippen molar-refractivity contribution in [3.63, 3.8) is 0 Å². The highest BCUT2D eigenvalue weighted by atomic mass is 32.1. The Morgan fingerprint density at radius 2 is 2.30 bits per heavy atom. The first kappa shape index (κ1) is 13.1. The summed E-state index contributed by atoms with van der Waals surface area (Å²) < 4.78 is 7.17. The summed E-state index contributed by atoms with van der Waals surface area (Å²) in [6.07, 6.45) is 4.67. The average Bonchev–Trinajstić information content (AvgIpc) is 2.99. The third-order valence-electron chi connectivity index (χ3n) is 3.19. The van der Waals surface area contributed by atoms with Crippen LogP contribution in [-0.2, 0) is 12.8 Å². The molecule has 4 nitrogen and oxygen atoms in total. The molecule has 1 atom stereocenters. The van der Waals surface area contributed by atoms with Crippen LogP contribution in [0.2, 0.25) is 0 Å². The topological polar surface area (TPSA) is 46.8 Å². The molecular formula is C15H16N2O2S. The molecule has 0 aliphatic carbocycles. The van der Waals surface area contributed by atoms with Crippen LogP contribution in [0.15, 0.2) is 42.0 Å². The van der Waals surface area contributed by atoms with Crippen LogP contribution in [-0.4, -0.2) is 27.7 Å². The molecule has 1 aromatic carbocycles. The molecule has 20 heavy (non-hydrogen) atoms. The van der Waals surface area contributed by atoms with Gasteiger partial charge in [0, 0.05) is 24.2 Å². The minimum absolute atomic E-state index is 0.438. The highest BCUT2D eigenvalue weighted by Crippen LogP contribution is 2.16.